The molecule has 2 aromatic rings. The van der Waals surface area contributed by atoms with Crippen molar-refractivity contribution in [3.63, 3.8) is 0 Å². The molecule has 1 fully saturated rings. The van der Waals surface area contributed by atoms with Gasteiger partial charge < -0.3 is 20.1 Å². The summed E-state index contributed by atoms with van der Waals surface area (Å²) in [6.07, 6.45) is 1.69. The number of benzene rings is 1. The molecule has 0 spiro atoms. The Kier molecular flexibility index (Phi) is 5.58. The van der Waals surface area contributed by atoms with Crippen LogP contribution in [-0.2, 0) is 9.53 Å². The molecular weight excluding hydrogens is 411 g/mol. The second-order valence-corrected chi connectivity index (χ2v) is 7.98. The molecule has 8 nitrogen and oxygen atoms in total. The Hall–Kier alpha value is -3.14. The van der Waals surface area contributed by atoms with Crippen LogP contribution in [0.1, 0.15) is 18.9 Å². The molecule has 30 heavy (non-hydrogen) atoms. The second-order valence-electron chi connectivity index (χ2n) is 7.15. The zero-order chi connectivity index (χ0) is 21.3. The van der Waals surface area contributed by atoms with Crippen LogP contribution in [0.25, 0.3) is 5.57 Å². The predicted molar refractivity (Wildman–Crippen MR) is 111 cm³/mol. The molecule has 10 heteroatoms. The summed E-state index contributed by atoms with van der Waals surface area (Å²) < 4.78 is 20.2. The van der Waals surface area contributed by atoms with Gasteiger partial charge in [-0.2, -0.15) is 4.98 Å². The minimum absolute atomic E-state index is 0.0176. The SMILES string of the molecule is CC(=O)NC[C@H]1CN(c2ccc(C3=CCCN(c4nc(O)cs4)C3)c(F)c2)C(=O)O1. The third-order valence-electron chi connectivity index (χ3n) is 4.96. The highest BCUT2D eigenvalue weighted by Gasteiger charge is 2.33. The summed E-state index contributed by atoms with van der Waals surface area (Å²) in [7, 11) is 0. The smallest absolute Gasteiger partial charge is 0.414 e. The number of hydrogen-bond acceptors (Lipinski definition) is 7. The lowest BCUT2D eigenvalue weighted by molar-refractivity contribution is -0.119. The van der Waals surface area contributed by atoms with Gasteiger partial charge in [0.15, 0.2) is 5.13 Å². The number of anilines is 2. The molecule has 2 amide bonds. The largest absolute Gasteiger partial charge is 0.493 e. The molecule has 0 aliphatic carbocycles. The van der Waals surface area contributed by atoms with Crippen molar-refractivity contribution in [1.29, 1.82) is 0 Å². The van der Waals surface area contributed by atoms with Crippen LogP contribution in [0.5, 0.6) is 5.88 Å². The van der Waals surface area contributed by atoms with E-state index in [9.17, 15) is 19.1 Å². The molecule has 3 heterocycles. The first kappa shape index (κ1) is 20.1. The summed E-state index contributed by atoms with van der Waals surface area (Å²) in [6.45, 7) is 3.06. The summed E-state index contributed by atoms with van der Waals surface area (Å²) in [4.78, 5) is 30.6. The molecule has 2 aliphatic rings. The number of halogens is 1. The maximum atomic E-state index is 15.0. The molecule has 0 bridgehead atoms. The van der Waals surface area contributed by atoms with Crippen molar-refractivity contribution in [3.05, 3.63) is 41.0 Å². The molecular formula is C20H21FN4O4S. The minimum atomic E-state index is -0.566. The molecule has 0 radical (unpaired) electrons. The quantitative estimate of drug-likeness (QED) is 0.755. The second kappa shape index (κ2) is 8.31. The zero-order valence-electron chi connectivity index (χ0n) is 16.3. The van der Waals surface area contributed by atoms with Crippen LogP contribution in [0.15, 0.2) is 29.7 Å². The van der Waals surface area contributed by atoms with Gasteiger partial charge in [0.2, 0.25) is 11.8 Å². The fourth-order valence-electron chi connectivity index (χ4n) is 3.53. The van der Waals surface area contributed by atoms with E-state index >= 15 is 0 Å². The molecule has 2 N–H and O–H groups in total. The molecule has 0 saturated carbocycles. The van der Waals surface area contributed by atoms with Gasteiger partial charge in [-0.25, -0.2) is 9.18 Å². The Morgan fingerprint density at radius 2 is 2.30 bits per heavy atom. The fourth-order valence-corrected chi connectivity index (χ4v) is 4.25. The van der Waals surface area contributed by atoms with Crippen LogP contribution in [0.3, 0.4) is 0 Å². The topological polar surface area (TPSA) is 95.0 Å². The minimum Gasteiger partial charge on any atom is -0.493 e. The van der Waals surface area contributed by atoms with E-state index in [-0.39, 0.29) is 24.9 Å². The van der Waals surface area contributed by atoms with E-state index in [0.29, 0.717) is 22.9 Å². The molecule has 0 unspecified atom stereocenters. The Balaban J connectivity index is 1.47. The van der Waals surface area contributed by atoms with Crippen LogP contribution >= 0.6 is 11.3 Å². The molecule has 1 saturated heterocycles. The molecule has 4 rings (SSSR count). The zero-order valence-corrected chi connectivity index (χ0v) is 17.1. The number of aromatic nitrogens is 1. The fraction of sp³-hybridized carbons (Fsp3) is 0.350. The number of carbonyl (C=O) groups excluding carboxylic acids is 2. The number of cyclic esters (lactones) is 1. The Morgan fingerprint density at radius 1 is 1.47 bits per heavy atom. The maximum absolute atomic E-state index is 15.0. The van der Waals surface area contributed by atoms with Crippen molar-refractivity contribution in [2.45, 2.75) is 19.4 Å². The molecule has 1 aromatic carbocycles. The normalized spacial score (nSPS) is 18.9. The van der Waals surface area contributed by atoms with Crippen molar-refractivity contribution in [2.24, 2.45) is 0 Å². The van der Waals surface area contributed by atoms with Gasteiger partial charge in [-0.3, -0.25) is 9.69 Å². The van der Waals surface area contributed by atoms with Gasteiger partial charge in [-0.15, -0.1) is 11.3 Å². The van der Waals surface area contributed by atoms with E-state index in [0.717, 1.165) is 18.5 Å². The van der Waals surface area contributed by atoms with Gasteiger partial charge in [-0.05, 0) is 30.2 Å². The lowest BCUT2D eigenvalue weighted by Gasteiger charge is -2.27. The third-order valence-corrected chi connectivity index (χ3v) is 5.85. The van der Waals surface area contributed by atoms with Crippen LogP contribution in [0.4, 0.5) is 20.0 Å². The van der Waals surface area contributed by atoms with E-state index in [1.165, 1.54) is 29.2 Å². The highest BCUT2D eigenvalue weighted by atomic mass is 32.1. The number of nitrogens with one attached hydrogen (secondary N) is 1. The number of aromatic hydroxyl groups is 1. The maximum Gasteiger partial charge on any atom is 0.414 e. The average Bonchev–Trinajstić information content (AvgIpc) is 3.32. The molecule has 158 valence electrons. The first-order chi connectivity index (χ1) is 14.4. The first-order valence-corrected chi connectivity index (χ1v) is 10.4. The molecule has 1 aromatic heterocycles. The Labute approximate surface area is 176 Å². The summed E-state index contributed by atoms with van der Waals surface area (Å²) in [6, 6.07) is 4.68. The number of carbonyl (C=O) groups is 2. The Bertz CT molecular complexity index is 1010. The van der Waals surface area contributed by atoms with E-state index in [1.54, 1.807) is 17.5 Å². The highest BCUT2D eigenvalue weighted by Crippen LogP contribution is 2.32. The monoisotopic (exact) mass is 432 g/mol. The summed E-state index contributed by atoms with van der Waals surface area (Å²) in [5.41, 5.74) is 1.70. The van der Waals surface area contributed by atoms with Crippen molar-refractivity contribution >= 4 is 39.7 Å². The van der Waals surface area contributed by atoms with Gasteiger partial charge >= 0.3 is 6.09 Å². The Morgan fingerprint density at radius 3 is 3.00 bits per heavy atom. The van der Waals surface area contributed by atoms with Gasteiger partial charge in [0, 0.05) is 25.6 Å². The standard InChI is InChI=1S/C20H21FN4O4S/c1-12(26)22-8-15-10-25(20(28)29-15)14-4-5-16(17(21)7-14)13-3-2-6-24(9-13)19-23-18(27)11-30-19/h3-5,7,11,15,27H,2,6,8-10H2,1H3,(H,22,26)/t15-/m0/s1. The number of rotatable bonds is 5. The van der Waals surface area contributed by atoms with Gasteiger partial charge in [0.05, 0.1) is 24.2 Å². The van der Waals surface area contributed by atoms with Crippen LogP contribution in [0.2, 0.25) is 0 Å². The van der Waals surface area contributed by atoms with Gasteiger partial charge in [0.1, 0.15) is 11.9 Å². The number of nitrogens with zero attached hydrogens (tertiary/aromatic N) is 3. The number of amides is 2. The lowest BCUT2D eigenvalue weighted by Crippen LogP contribution is -2.33. The van der Waals surface area contributed by atoms with Crippen molar-refractivity contribution < 1.29 is 23.8 Å². The van der Waals surface area contributed by atoms with E-state index in [1.807, 2.05) is 11.0 Å². The molecule has 1 atom stereocenters. The first-order valence-electron chi connectivity index (χ1n) is 9.51. The van der Waals surface area contributed by atoms with Crippen molar-refractivity contribution in [1.82, 2.24) is 10.3 Å². The number of thiazole rings is 1. The summed E-state index contributed by atoms with van der Waals surface area (Å²) >= 11 is 1.34. The third kappa shape index (κ3) is 4.23. The van der Waals surface area contributed by atoms with E-state index in [2.05, 4.69) is 10.3 Å². The van der Waals surface area contributed by atoms with Gasteiger partial charge in [-0.1, -0.05) is 6.08 Å². The van der Waals surface area contributed by atoms with Crippen LogP contribution < -0.4 is 15.1 Å². The van der Waals surface area contributed by atoms with Crippen molar-refractivity contribution in [2.75, 3.05) is 36.0 Å². The lowest BCUT2D eigenvalue weighted by atomic mass is 10.0. The van der Waals surface area contributed by atoms with Crippen molar-refractivity contribution in [3.8, 4) is 5.88 Å². The summed E-state index contributed by atoms with van der Waals surface area (Å²) in [5, 5.41) is 14.4. The van der Waals surface area contributed by atoms with Crippen LogP contribution in [-0.4, -0.2) is 54.4 Å². The summed E-state index contributed by atoms with van der Waals surface area (Å²) in [5.74, 6) is -0.653. The van der Waals surface area contributed by atoms with Gasteiger partial charge in [0.25, 0.3) is 0 Å². The van der Waals surface area contributed by atoms with E-state index < -0.39 is 18.0 Å². The number of ether oxygens (including phenoxy) is 1. The highest BCUT2D eigenvalue weighted by molar-refractivity contribution is 7.13. The van der Waals surface area contributed by atoms with E-state index in [4.69, 9.17) is 4.74 Å². The number of hydrogen-bond donors (Lipinski definition) is 2. The van der Waals surface area contributed by atoms with Crippen LogP contribution in [0, 0.1) is 5.82 Å². The average molecular weight is 432 g/mol. The predicted octanol–water partition coefficient (Wildman–Crippen LogP) is 2.74. The molecule has 2 aliphatic heterocycles.